The Balaban J connectivity index is 0. The van der Waals surface area contributed by atoms with E-state index in [1.54, 1.807) is 0 Å². The summed E-state index contributed by atoms with van der Waals surface area (Å²) in [5.41, 5.74) is 0. The molecule has 4 nitrogen and oxygen atoms in total. The van der Waals surface area contributed by atoms with Gasteiger partial charge in [0.05, 0.1) is 12.7 Å². The lowest BCUT2D eigenvalue weighted by atomic mass is 10.4. The first-order valence-corrected chi connectivity index (χ1v) is 3.15. The van der Waals surface area contributed by atoms with Crippen molar-refractivity contribution < 1.29 is 19.4 Å². The van der Waals surface area contributed by atoms with Crippen LogP contribution in [0.4, 0.5) is 0 Å². The fourth-order valence-electron chi connectivity index (χ4n) is 0.259. The number of hydrogen-bond donors (Lipinski definition) is 1. The number of carboxylic acid groups (broad SMARTS) is 1. The first kappa shape index (κ1) is 13.0. The molecule has 12 heavy (non-hydrogen) atoms. The van der Waals surface area contributed by atoms with Crippen LogP contribution in [-0.2, 0) is 14.3 Å². The molecule has 0 bridgehead atoms. The van der Waals surface area contributed by atoms with Crippen molar-refractivity contribution >= 4 is 11.9 Å². The maximum Gasteiger partial charge on any atom is 0.314 e. The highest BCUT2D eigenvalue weighted by Crippen LogP contribution is 1.84. The van der Waals surface area contributed by atoms with Gasteiger partial charge in [0.25, 0.3) is 5.97 Å². The quantitative estimate of drug-likeness (QED) is 0.396. The molecule has 0 fully saturated rings. The highest BCUT2D eigenvalue weighted by atomic mass is 16.5. The average Bonchev–Trinajstić information content (AvgIpc) is 1.87. The SMILES string of the molecule is C=CCC(=O)OC=C.CC(=O)O. The summed E-state index contributed by atoms with van der Waals surface area (Å²) in [5.74, 6) is -1.16. The van der Waals surface area contributed by atoms with Crippen LogP contribution in [0.5, 0.6) is 0 Å². The van der Waals surface area contributed by atoms with Gasteiger partial charge >= 0.3 is 5.97 Å². The van der Waals surface area contributed by atoms with Crippen LogP contribution in [0.3, 0.4) is 0 Å². The summed E-state index contributed by atoms with van der Waals surface area (Å²) in [5, 5.41) is 7.42. The third-order valence-corrected chi connectivity index (χ3v) is 0.526. The van der Waals surface area contributed by atoms with Crippen molar-refractivity contribution in [3.05, 3.63) is 25.5 Å². The molecule has 4 heteroatoms. The first-order chi connectivity index (χ1) is 5.54. The number of aliphatic carboxylic acids is 1. The van der Waals surface area contributed by atoms with Crippen LogP contribution in [0.25, 0.3) is 0 Å². The molecular formula is C8H12O4. The molecule has 0 rings (SSSR count). The summed E-state index contributed by atoms with van der Waals surface area (Å²) in [7, 11) is 0. The Morgan fingerprint density at radius 1 is 1.50 bits per heavy atom. The van der Waals surface area contributed by atoms with Gasteiger partial charge in [-0.1, -0.05) is 12.7 Å². The number of hydrogen-bond acceptors (Lipinski definition) is 3. The molecule has 0 aromatic heterocycles. The Labute approximate surface area is 71.2 Å². The zero-order valence-electron chi connectivity index (χ0n) is 6.95. The number of ether oxygens (including phenoxy) is 1. The van der Waals surface area contributed by atoms with Crippen LogP contribution in [0.1, 0.15) is 13.3 Å². The van der Waals surface area contributed by atoms with Gasteiger partial charge in [0.1, 0.15) is 0 Å². The van der Waals surface area contributed by atoms with Gasteiger partial charge < -0.3 is 9.84 Å². The van der Waals surface area contributed by atoms with Crippen molar-refractivity contribution in [2.45, 2.75) is 13.3 Å². The van der Waals surface area contributed by atoms with E-state index in [4.69, 9.17) is 9.90 Å². The highest BCUT2D eigenvalue weighted by molar-refractivity contribution is 5.71. The van der Waals surface area contributed by atoms with E-state index in [0.717, 1.165) is 13.2 Å². The van der Waals surface area contributed by atoms with Gasteiger partial charge in [0.15, 0.2) is 0 Å². The molecule has 0 spiro atoms. The topological polar surface area (TPSA) is 63.6 Å². The lowest BCUT2D eigenvalue weighted by Crippen LogP contribution is -1.95. The minimum atomic E-state index is -0.833. The smallest absolute Gasteiger partial charge is 0.314 e. The van der Waals surface area contributed by atoms with Gasteiger partial charge in [-0.15, -0.1) is 6.58 Å². The molecule has 0 radical (unpaired) electrons. The Kier molecular flexibility index (Phi) is 10.2. The van der Waals surface area contributed by atoms with Crippen molar-refractivity contribution in [2.75, 3.05) is 0 Å². The molecule has 0 unspecified atom stereocenters. The number of carbonyl (C=O) groups excluding carboxylic acids is 1. The largest absolute Gasteiger partial charge is 0.481 e. The molecule has 0 aliphatic heterocycles. The molecule has 0 atom stereocenters. The second-order valence-electron chi connectivity index (χ2n) is 1.67. The van der Waals surface area contributed by atoms with E-state index in [1.807, 2.05) is 0 Å². The lowest BCUT2D eigenvalue weighted by Gasteiger charge is -1.89. The maximum atomic E-state index is 10.3. The Hall–Kier alpha value is -1.58. The summed E-state index contributed by atoms with van der Waals surface area (Å²) in [6, 6.07) is 0. The van der Waals surface area contributed by atoms with Gasteiger partial charge in [-0.25, -0.2) is 0 Å². The molecule has 68 valence electrons. The first-order valence-electron chi connectivity index (χ1n) is 3.15. The Morgan fingerprint density at radius 3 is 2.17 bits per heavy atom. The Morgan fingerprint density at radius 2 is 1.92 bits per heavy atom. The molecule has 0 saturated heterocycles. The number of esters is 1. The van der Waals surface area contributed by atoms with Crippen molar-refractivity contribution in [1.82, 2.24) is 0 Å². The van der Waals surface area contributed by atoms with Crippen LogP contribution in [0.2, 0.25) is 0 Å². The minimum absolute atomic E-state index is 0.242. The zero-order chi connectivity index (χ0) is 9.98. The second-order valence-corrected chi connectivity index (χ2v) is 1.67. The van der Waals surface area contributed by atoms with Gasteiger partial charge in [-0.3, -0.25) is 9.59 Å². The van der Waals surface area contributed by atoms with Crippen molar-refractivity contribution in [2.24, 2.45) is 0 Å². The molecular weight excluding hydrogens is 160 g/mol. The van der Waals surface area contributed by atoms with Crippen LogP contribution in [0.15, 0.2) is 25.5 Å². The molecule has 0 aliphatic rings. The molecule has 0 heterocycles. The third kappa shape index (κ3) is 23.7. The standard InChI is InChI=1S/C6H8O2.C2H4O2/c1-3-5-6(7)8-4-2;1-2(3)4/h3-4H,1-2,5H2;1H3,(H,3,4). The van der Waals surface area contributed by atoms with Crippen molar-refractivity contribution in [3.63, 3.8) is 0 Å². The number of carbonyl (C=O) groups is 2. The second kappa shape index (κ2) is 9.42. The van der Waals surface area contributed by atoms with Crippen LogP contribution >= 0.6 is 0 Å². The van der Waals surface area contributed by atoms with Crippen molar-refractivity contribution in [3.8, 4) is 0 Å². The summed E-state index contributed by atoms with van der Waals surface area (Å²) in [6.45, 7) is 7.64. The predicted molar refractivity (Wildman–Crippen MR) is 44.4 cm³/mol. The number of rotatable bonds is 3. The lowest BCUT2D eigenvalue weighted by molar-refractivity contribution is -0.137. The van der Waals surface area contributed by atoms with Crippen molar-refractivity contribution in [1.29, 1.82) is 0 Å². The fraction of sp³-hybridized carbons (Fsp3) is 0.250. The van der Waals surface area contributed by atoms with Crippen LogP contribution in [0, 0.1) is 0 Å². The summed E-state index contributed by atoms with van der Waals surface area (Å²) in [6.07, 6.45) is 2.82. The Bertz CT molecular complexity index is 156. The summed E-state index contributed by atoms with van der Waals surface area (Å²) < 4.78 is 4.34. The van der Waals surface area contributed by atoms with E-state index in [2.05, 4.69) is 17.9 Å². The molecule has 0 aromatic rings. The number of carboxylic acids is 1. The zero-order valence-corrected chi connectivity index (χ0v) is 6.95. The van der Waals surface area contributed by atoms with Crippen LogP contribution < -0.4 is 0 Å². The van der Waals surface area contributed by atoms with E-state index < -0.39 is 5.97 Å². The predicted octanol–water partition coefficient (Wildman–Crippen LogP) is 1.34. The van der Waals surface area contributed by atoms with Gasteiger partial charge in [-0.05, 0) is 0 Å². The summed E-state index contributed by atoms with van der Waals surface area (Å²) in [4.78, 5) is 19.3. The van der Waals surface area contributed by atoms with Gasteiger partial charge in [-0.2, -0.15) is 0 Å². The van der Waals surface area contributed by atoms with E-state index in [9.17, 15) is 4.79 Å². The maximum absolute atomic E-state index is 10.3. The van der Waals surface area contributed by atoms with Gasteiger partial charge in [0.2, 0.25) is 0 Å². The monoisotopic (exact) mass is 172 g/mol. The molecule has 0 amide bonds. The van der Waals surface area contributed by atoms with E-state index in [-0.39, 0.29) is 12.4 Å². The normalized spacial score (nSPS) is 7.08. The summed E-state index contributed by atoms with van der Waals surface area (Å²) >= 11 is 0. The molecule has 1 N–H and O–H groups in total. The van der Waals surface area contributed by atoms with E-state index in [1.165, 1.54) is 6.08 Å². The fourth-order valence-corrected chi connectivity index (χ4v) is 0.259. The average molecular weight is 172 g/mol. The highest BCUT2D eigenvalue weighted by Gasteiger charge is 1.92. The van der Waals surface area contributed by atoms with Crippen LogP contribution in [-0.4, -0.2) is 17.0 Å². The van der Waals surface area contributed by atoms with E-state index >= 15 is 0 Å². The third-order valence-electron chi connectivity index (χ3n) is 0.526. The molecule has 0 aliphatic carbocycles. The molecule has 0 saturated carbocycles. The van der Waals surface area contributed by atoms with E-state index in [0.29, 0.717) is 0 Å². The minimum Gasteiger partial charge on any atom is -0.481 e. The van der Waals surface area contributed by atoms with Gasteiger partial charge in [0, 0.05) is 6.92 Å². The molecule has 0 aromatic carbocycles.